The van der Waals surface area contributed by atoms with Crippen LogP contribution in [0.3, 0.4) is 0 Å². The summed E-state index contributed by atoms with van der Waals surface area (Å²) in [6.07, 6.45) is 0. The van der Waals surface area contributed by atoms with E-state index in [-0.39, 0.29) is 5.82 Å². The lowest BCUT2D eigenvalue weighted by molar-refractivity contribution is 0.622. The van der Waals surface area contributed by atoms with Crippen molar-refractivity contribution in [2.45, 2.75) is 6.54 Å². The quantitative estimate of drug-likeness (QED) is 0.897. The first-order chi connectivity index (χ1) is 8.70. The molecule has 2 rings (SSSR count). The fourth-order valence-corrected chi connectivity index (χ4v) is 1.80. The predicted molar refractivity (Wildman–Crippen MR) is 72.3 cm³/mol. The van der Waals surface area contributed by atoms with Gasteiger partial charge in [0, 0.05) is 14.1 Å². The van der Waals surface area contributed by atoms with Crippen LogP contribution in [0.1, 0.15) is 5.69 Å². The molecule has 0 atom stereocenters. The summed E-state index contributed by atoms with van der Waals surface area (Å²) in [6.45, 7) is 0.566. The number of hydrogen-bond donors (Lipinski definition) is 1. The number of para-hydroxylation sites is 1. The average molecular weight is 245 g/mol. The lowest BCUT2D eigenvalue weighted by Crippen LogP contribution is -2.18. The lowest BCUT2D eigenvalue weighted by Gasteiger charge is -2.19. The summed E-state index contributed by atoms with van der Waals surface area (Å²) in [5.41, 5.74) is 1.47. The first-order valence-corrected chi connectivity index (χ1v) is 5.80. The van der Waals surface area contributed by atoms with Crippen LogP contribution in [0.15, 0.2) is 42.5 Å². The van der Waals surface area contributed by atoms with Crippen molar-refractivity contribution in [3.05, 3.63) is 54.0 Å². The Morgan fingerprint density at radius 1 is 1.17 bits per heavy atom. The highest BCUT2D eigenvalue weighted by Crippen LogP contribution is 2.19. The number of halogens is 1. The summed E-state index contributed by atoms with van der Waals surface area (Å²) < 4.78 is 13.6. The van der Waals surface area contributed by atoms with Crippen molar-refractivity contribution in [1.29, 1.82) is 0 Å². The average Bonchev–Trinajstić information content (AvgIpc) is 2.39. The zero-order valence-electron chi connectivity index (χ0n) is 10.5. The minimum Gasteiger partial charge on any atom is -0.373 e. The van der Waals surface area contributed by atoms with E-state index in [2.05, 4.69) is 10.3 Å². The zero-order valence-corrected chi connectivity index (χ0v) is 10.5. The number of anilines is 2. The van der Waals surface area contributed by atoms with E-state index in [4.69, 9.17) is 0 Å². The van der Waals surface area contributed by atoms with Crippen LogP contribution in [-0.4, -0.2) is 19.1 Å². The molecule has 0 aliphatic heterocycles. The van der Waals surface area contributed by atoms with Crippen molar-refractivity contribution < 1.29 is 4.39 Å². The summed E-state index contributed by atoms with van der Waals surface area (Å²) in [7, 11) is 3.68. The van der Waals surface area contributed by atoms with Crippen LogP contribution >= 0.6 is 0 Å². The fourth-order valence-electron chi connectivity index (χ4n) is 1.80. The molecule has 0 bridgehead atoms. The Balaban J connectivity index is 2.16. The Morgan fingerprint density at radius 3 is 2.67 bits per heavy atom. The van der Waals surface area contributed by atoms with Gasteiger partial charge in [-0.2, -0.15) is 0 Å². The predicted octanol–water partition coefficient (Wildman–Crippen LogP) is 2.90. The number of rotatable bonds is 4. The van der Waals surface area contributed by atoms with Gasteiger partial charge in [-0.05, 0) is 24.3 Å². The van der Waals surface area contributed by atoms with E-state index in [9.17, 15) is 4.39 Å². The van der Waals surface area contributed by atoms with Gasteiger partial charge < -0.3 is 10.2 Å². The van der Waals surface area contributed by atoms with Crippen LogP contribution in [0.2, 0.25) is 0 Å². The molecule has 0 unspecified atom stereocenters. The Labute approximate surface area is 106 Å². The molecule has 0 aliphatic carbocycles. The smallest absolute Gasteiger partial charge is 0.146 e. The molecule has 0 fully saturated rings. The highest BCUT2D eigenvalue weighted by atomic mass is 19.1. The largest absolute Gasteiger partial charge is 0.373 e. The second-order valence-electron chi connectivity index (χ2n) is 4.07. The normalized spacial score (nSPS) is 10.2. The molecular weight excluding hydrogens is 229 g/mol. The molecule has 1 heterocycles. The van der Waals surface area contributed by atoms with E-state index < -0.39 is 0 Å². The van der Waals surface area contributed by atoms with Gasteiger partial charge in [-0.3, -0.25) is 0 Å². The standard InChI is InChI=1S/C14H16FN3/c1-16-14-9-5-6-11(17-14)10-18(2)13-8-4-3-7-12(13)15/h3-9H,10H2,1-2H3,(H,16,17). The number of benzene rings is 1. The van der Waals surface area contributed by atoms with Crippen molar-refractivity contribution in [3.8, 4) is 0 Å². The number of nitrogens with one attached hydrogen (secondary N) is 1. The minimum atomic E-state index is -0.218. The van der Waals surface area contributed by atoms with Crippen LogP contribution < -0.4 is 10.2 Å². The van der Waals surface area contributed by atoms with Gasteiger partial charge in [0.25, 0.3) is 0 Å². The van der Waals surface area contributed by atoms with E-state index in [1.807, 2.05) is 43.3 Å². The molecule has 0 saturated carbocycles. The maximum Gasteiger partial charge on any atom is 0.146 e. The molecule has 1 aromatic carbocycles. The Bertz CT molecular complexity index is 528. The molecule has 0 amide bonds. The van der Waals surface area contributed by atoms with Crippen LogP contribution in [0.4, 0.5) is 15.9 Å². The van der Waals surface area contributed by atoms with Gasteiger partial charge in [0.2, 0.25) is 0 Å². The summed E-state index contributed by atoms with van der Waals surface area (Å²) in [6, 6.07) is 12.5. The summed E-state index contributed by atoms with van der Waals surface area (Å²) in [5, 5.41) is 2.99. The fraction of sp³-hybridized carbons (Fsp3) is 0.214. The first kappa shape index (κ1) is 12.4. The Hall–Kier alpha value is -2.10. The number of nitrogens with zero attached hydrogens (tertiary/aromatic N) is 2. The molecule has 2 aromatic rings. The van der Waals surface area contributed by atoms with Gasteiger partial charge in [-0.25, -0.2) is 9.37 Å². The van der Waals surface area contributed by atoms with Gasteiger partial charge in [0.05, 0.1) is 17.9 Å². The summed E-state index contributed by atoms with van der Waals surface area (Å²) in [5.74, 6) is 0.596. The molecule has 0 radical (unpaired) electrons. The molecule has 0 aliphatic rings. The molecule has 3 nitrogen and oxygen atoms in total. The van der Waals surface area contributed by atoms with Crippen molar-refractivity contribution >= 4 is 11.5 Å². The van der Waals surface area contributed by atoms with Gasteiger partial charge in [0.1, 0.15) is 11.6 Å². The highest BCUT2D eigenvalue weighted by Gasteiger charge is 2.07. The van der Waals surface area contributed by atoms with E-state index in [1.165, 1.54) is 6.07 Å². The zero-order chi connectivity index (χ0) is 13.0. The van der Waals surface area contributed by atoms with Gasteiger partial charge in [-0.15, -0.1) is 0 Å². The second-order valence-corrected chi connectivity index (χ2v) is 4.07. The van der Waals surface area contributed by atoms with E-state index >= 15 is 0 Å². The monoisotopic (exact) mass is 245 g/mol. The van der Waals surface area contributed by atoms with Crippen molar-refractivity contribution in [1.82, 2.24) is 4.98 Å². The molecular formula is C14H16FN3. The van der Waals surface area contributed by atoms with Gasteiger partial charge in [-0.1, -0.05) is 18.2 Å². The maximum absolute atomic E-state index is 13.6. The third kappa shape index (κ3) is 2.77. The number of hydrogen-bond acceptors (Lipinski definition) is 3. The van der Waals surface area contributed by atoms with Gasteiger partial charge >= 0.3 is 0 Å². The molecule has 1 aromatic heterocycles. The van der Waals surface area contributed by atoms with E-state index in [0.717, 1.165) is 11.5 Å². The van der Waals surface area contributed by atoms with Crippen LogP contribution in [-0.2, 0) is 6.54 Å². The molecule has 0 saturated heterocycles. The Kier molecular flexibility index (Phi) is 3.77. The van der Waals surface area contributed by atoms with E-state index in [0.29, 0.717) is 12.2 Å². The van der Waals surface area contributed by atoms with Crippen molar-refractivity contribution in [2.75, 3.05) is 24.3 Å². The third-order valence-electron chi connectivity index (χ3n) is 2.73. The Morgan fingerprint density at radius 2 is 1.94 bits per heavy atom. The molecule has 1 N–H and O–H groups in total. The second kappa shape index (κ2) is 5.49. The molecule has 18 heavy (non-hydrogen) atoms. The summed E-state index contributed by atoms with van der Waals surface area (Å²) in [4.78, 5) is 6.26. The molecule has 0 spiro atoms. The molecule has 4 heteroatoms. The minimum absolute atomic E-state index is 0.218. The van der Waals surface area contributed by atoms with Crippen molar-refractivity contribution in [3.63, 3.8) is 0 Å². The highest BCUT2D eigenvalue weighted by molar-refractivity contribution is 5.47. The maximum atomic E-state index is 13.6. The SMILES string of the molecule is CNc1cccc(CN(C)c2ccccc2F)n1. The van der Waals surface area contributed by atoms with Gasteiger partial charge in [0.15, 0.2) is 0 Å². The van der Waals surface area contributed by atoms with Crippen molar-refractivity contribution in [2.24, 2.45) is 0 Å². The number of pyridine rings is 1. The third-order valence-corrected chi connectivity index (χ3v) is 2.73. The van der Waals surface area contributed by atoms with Crippen LogP contribution in [0.25, 0.3) is 0 Å². The number of aromatic nitrogens is 1. The lowest BCUT2D eigenvalue weighted by atomic mass is 10.2. The summed E-state index contributed by atoms with van der Waals surface area (Å²) >= 11 is 0. The molecule has 94 valence electrons. The first-order valence-electron chi connectivity index (χ1n) is 5.80. The van der Waals surface area contributed by atoms with Crippen LogP contribution in [0.5, 0.6) is 0 Å². The topological polar surface area (TPSA) is 28.2 Å². The van der Waals surface area contributed by atoms with E-state index in [1.54, 1.807) is 12.1 Å². The van der Waals surface area contributed by atoms with Crippen LogP contribution in [0, 0.1) is 5.82 Å².